The number of nitrogens with one attached hydrogen (secondary N) is 1. The predicted molar refractivity (Wildman–Crippen MR) is 203 cm³/mol. The number of aryl methyl sites for hydroxylation is 1. The molecule has 4 aromatic carbocycles. The van der Waals surface area contributed by atoms with Crippen molar-refractivity contribution < 1.29 is 28.0 Å². The SMILES string of the molecule is COc1ccc(C(OC[C@H]2O[C@@H](n3cc(C)c(=O)[nH]c3=O)C[C@@H]2OP(Oc2ccccc2)N2CCCC2)(c2ccccc2)c2ccc(OC)cc2)cc1. The molecule has 4 atom stereocenters. The maximum absolute atomic E-state index is 13.1. The summed E-state index contributed by atoms with van der Waals surface area (Å²) in [6.07, 6.45) is 2.07. The van der Waals surface area contributed by atoms with E-state index in [0.29, 0.717) is 17.7 Å². The van der Waals surface area contributed by atoms with E-state index in [0.717, 1.165) is 54.1 Å². The Labute approximate surface area is 310 Å². The Hall–Kier alpha value is -4.77. The van der Waals surface area contributed by atoms with E-state index in [1.54, 1.807) is 27.3 Å². The molecular weight excluding hydrogens is 693 g/mol. The molecule has 3 heterocycles. The minimum absolute atomic E-state index is 0.0831. The Bertz CT molecular complexity index is 2000. The van der Waals surface area contributed by atoms with Gasteiger partial charge in [-0.25, -0.2) is 9.46 Å². The number of H-pyrrole nitrogens is 1. The van der Waals surface area contributed by atoms with Crippen molar-refractivity contribution >= 4 is 8.53 Å². The van der Waals surface area contributed by atoms with E-state index in [1.165, 1.54) is 4.57 Å². The number of hydrogen-bond acceptors (Lipinski definition) is 9. The van der Waals surface area contributed by atoms with Gasteiger partial charge >= 0.3 is 14.2 Å². The average molecular weight is 738 g/mol. The van der Waals surface area contributed by atoms with Crippen molar-refractivity contribution in [1.82, 2.24) is 14.2 Å². The number of para-hydroxylation sites is 1. The fourth-order valence-corrected chi connectivity index (χ4v) is 8.57. The summed E-state index contributed by atoms with van der Waals surface area (Å²) in [4.78, 5) is 27.9. The molecule has 7 rings (SSSR count). The summed E-state index contributed by atoms with van der Waals surface area (Å²) in [6, 6.07) is 35.4. The molecule has 1 aromatic heterocycles. The first-order valence-electron chi connectivity index (χ1n) is 17.8. The smallest absolute Gasteiger partial charge is 0.330 e. The molecule has 0 saturated carbocycles. The summed E-state index contributed by atoms with van der Waals surface area (Å²) in [5.41, 5.74) is 0.973. The molecule has 0 spiro atoms. The normalized spacial score (nSPS) is 19.6. The van der Waals surface area contributed by atoms with Crippen LogP contribution >= 0.6 is 8.53 Å². The second-order valence-electron chi connectivity index (χ2n) is 13.1. The third-order valence-electron chi connectivity index (χ3n) is 9.74. The lowest BCUT2D eigenvalue weighted by Crippen LogP contribution is -2.39. The van der Waals surface area contributed by atoms with Crippen LogP contribution in [-0.2, 0) is 19.6 Å². The number of hydrogen-bond donors (Lipinski definition) is 1. The molecule has 2 aliphatic rings. The van der Waals surface area contributed by atoms with E-state index in [9.17, 15) is 9.59 Å². The van der Waals surface area contributed by atoms with E-state index in [2.05, 4.69) is 9.65 Å². The largest absolute Gasteiger partial charge is 0.497 e. The van der Waals surface area contributed by atoms with Crippen LogP contribution < -0.4 is 25.2 Å². The summed E-state index contributed by atoms with van der Waals surface area (Å²) in [6.45, 7) is 3.44. The maximum Gasteiger partial charge on any atom is 0.330 e. The molecule has 1 N–H and O–H groups in total. The van der Waals surface area contributed by atoms with Crippen LogP contribution in [0.4, 0.5) is 0 Å². The van der Waals surface area contributed by atoms with Crippen molar-refractivity contribution in [3.63, 3.8) is 0 Å². The van der Waals surface area contributed by atoms with Gasteiger partial charge in [0.2, 0.25) is 0 Å². The second-order valence-corrected chi connectivity index (χ2v) is 14.5. The van der Waals surface area contributed by atoms with Crippen molar-refractivity contribution in [3.8, 4) is 17.2 Å². The van der Waals surface area contributed by atoms with Gasteiger partial charge in [-0.05, 0) is 72.9 Å². The van der Waals surface area contributed by atoms with E-state index in [-0.39, 0.29) is 6.61 Å². The molecule has 0 radical (unpaired) electrons. The maximum atomic E-state index is 13.1. The van der Waals surface area contributed by atoms with E-state index in [4.69, 9.17) is 28.0 Å². The highest BCUT2D eigenvalue weighted by atomic mass is 31.2. The van der Waals surface area contributed by atoms with Gasteiger partial charge in [0.1, 0.15) is 35.2 Å². The fourth-order valence-electron chi connectivity index (χ4n) is 6.91. The van der Waals surface area contributed by atoms with Gasteiger partial charge in [0.25, 0.3) is 5.56 Å². The Morgan fingerprint density at radius 3 is 1.92 bits per heavy atom. The van der Waals surface area contributed by atoms with E-state index >= 15 is 0 Å². The number of methoxy groups -OCH3 is 2. The number of benzene rings is 4. The van der Waals surface area contributed by atoms with Gasteiger partial charge in [-0.1, -0.05) is 72.8 Å². The highest BCUT2D eigenvalue weighted by molar-refractivity contribution is 7.45. The van der Waals surface area contributed by atoms with Gasteiger partial charge in [-0.3, -0.25) is 14.3 Å². The van der Waals surface area contributed by atoms with Crippen LogP contribution in [0.3, 0.4) is 0 Å². The van der Waals surface area contributed by atoms with Gasteiger partial charge in [0.05, 0.1) is 26.9 Å². The topological polar surface area (TPSA) is 113 Å². The van der Waals surface area contributed by atoms with Gasteiger partial charge in [0.15, 0.2) is 0 Å². The highest BCUT2D eigenvalue weighted by Gasteiger charge is 2.45. The quantitative estimate of drug-likeness (QED) is 0.0957. The number of nitrogens with zero attached hydrogens (tertiary/aromatic N) is 2. The van der Waals surface area contributed by atoms with Crippen molar-refractivity contribution in [2.75, 3.05) is 33.9 Å². The van der Waals surface area contributed by atoms with Crippen LogP contribution in [0.1, 0.15) is 47.7 Å². The van der Waals surface area contributed by atoms with Gasteiger partial charge in [0, 0.05) is 31.3 Å². The number of rotatable bonds is 14. The van der Waals surface area contributed by atoms with Crippen LogP contribution in [0.15, 0.2) is 125 Å². The van der Waals surface area contributed by atoms with Gasteiger partial charge < -0.3 is 28.0 Å². The first-order chi connectivity index (χ1) is 25.9. The van der Waals surface area contributed by atoms with Crippen molar-refractivity contribution in [2.45, 2.75) is 50.2 Å². The zero-order chi connectivity index (χ0) is 36.8. The molecule has 1 unspecified atom stereocenters. The summed E-state index contributed by atoms with van der Waals surface area (Å²) >= 11 is 0. The molecule has 53 heavy (non-hydrogen) atoms. The molecule has 12 heteroatoms. The Kier molecular flexibility index (Phi) is 11.4. The van der Waals surface area contributed by atoms with Crippen LogP contribution in [0.25, 0.3) is 0 Å². The summed E-state index contributed by atoms with van der Waals surface area (Å²) in [5, 5.41) is 0. The van der Waals surface area contributed by atoms with Crippen molar-refractivity contribution in [2.24, 2.45) is 0 Å². The Morgan fingerprint density at radius 1 is 0.774 bits per heavy atom. The minimum atomic E-state index is -1.54. The van der Waals surface area contributed by atoms with Crippen LogP contribution in [0.5, 0.6) is 17.2 Å². The lowest BCUT2D eigenvalue weighted by molar-refractivity contribution is -0.0919. The molecule has 2 aliphatic heterocycles. The molecule has 11 nitrogen and oxygen atoms in total. The van der Waals surface area contributed by atoms with Crippen LogP contribution in [-0.4, -0.2) is 60.3 Å². The molecule has 0 amide bonds. The zero-order valence-electron chi connectivity index (χ0n) is 30.1. The summed E-state index contributed by atoms with van der Waals surface area (Å²) in [7, 11) is 1.74. The van der Waals surface area contributed by atoms with Crippen molar-refractivity contribution in [3.05, 3.63) is 158 Å². The van der Waals surface area contributed by atoms with Crippen molar-refractivity contribution in [1.29, 1.82) is 0 Å². The van der Waals surface area contributed by atoms with Gasteiger partial charge in [-0.2, -0.15) is 0 Å². The first-order valence-corrected chi connectivity index (χ1v) is 18.9. The zero-order valence-corrected chi connectivity index (χ0v) is 30.9. The van der Waals surface area contributed by atoms with Gasteiger partial charge in [-0.15, -0.1) is 0 Å². The molecule has 276 valence electrons. The first kappa shape index (κ1) is 36.6. The predicted octanol–water partition coefficient (Wildman–Crippen LogP) is 6.95. The summed E-state index contributed by atoms with van der Waals surface area (Å²) < 4.78 is 42.2. The molecule has 2 saturated heterocycles. The van der Waals surface area contributed by atoms with Crippen LogP contribution in [0, 0.1) is 6.92 Å². The molecule has 0 bridgehead atoms. The molecule has 2 fully saturated rings. The third-order valence-corrected chi connectivity index (χ3v) is 11.4. The van der Waals surface area contributed by atoms with Crippen LogP contribution in [0.2, 0.25) is 0 Å². The number of aromatic nitrogens is 2. The third kappa shape index (κ3) is 7.95. The minimum Gasteiger partial charge on any atom is -0.497 e. The van der Waals surface area contributed by atoms with E-state index < -0.39 is 43.8 Å². The monoisotopic (exact) mass is 737 g/mol. The molecule has 0 aliphatic carbocycles. The van der Waals surface area contributed by atoms with E-state index in [1.807, 2.05) is 109 Å². The number of aromatic amines is 1. The second kappa shape index (κ2) is 16.5. The standard InChI is InChI=1S/C41H44N3O8P/c1-29-27-44(40(46)42-39(29)45)38-26-36(52-53(43-24-10-11-25-43)51-35-14-8-5-9-15-35)37(50-38)28-49-41(30-12-6-4-7-13-30,31-16-20-33(47-2)21-17-31)32-18-22-34(48-3)23-19-32/h4-9,12-23,27,36-38H,10-11,24-26,28H2,1-3H3,(H,42,45,46)/t36-,37+,38+,53?/m0/s1. The summed E-state index contributed by atoms with van der Waals surface area (Å²) in [5.74, 6) is 2.15. The Morgan fingerprint density at radius 2 is 1.34 bits per heavy atom. The lowest BCUT2D eigenvalue weighted by atomic mass is 9.80. The lowest BCUT2D eigenvalue weighted by Gasteiger charge is -2.37. The molecule has 5 aromatic rings. The fraction of sp³-hybridized carbons (Fsp3) is 0.317. The Balaban J connectivity index is 1.28. The number of ether oxygens (including phenoxy) is 4. The highest BCUT2D eigenvalue weighted by Crippen LogP contribution is 2.50. The average Bonchev–Trinajstić information content (AvgIpc) is 3.88. The molecular formula is C41H44N3O8P.